The van der Waals surface area contributed by atoms with Crippen LogP contribution >= 0.6 is 0 Å². The highest BCUT2D eigenvalue weighted by Gasteiger charge is 2.34. The number of benzene rings is 1. The van der Waals surface area contributed by atoms with Crippen molar-refractivity contribution in [1.82, 2.24) is 5.32 Å². The Labute approximate surface area is 105 Å². The molecule has 0 radical (unpaired) electrons. The molecule has 1 fully saturated rings. The van der Waals surface area contributed by atoms with E-state index in [9.17, 15) is 13.9 Å². The average molecular weight is 256 g/mol. The molecule has 0 bridgehead atoms. The van der Waals surface area contributed by atoms with Crippen molar-refractivity contribution in [2.75, 3.05) is 5.73 Å². The van der Waals surface area contributed by atoms with Gasteiger partial charge in [-0.05, 0) is 44.4 Å². The van der Waals surface area contributed by atoms with Crippen LogP contribution in [0.1, 0.15) is 38.4 Å². The van der Waals surface area contributed by atoms with Gasteiger partial charge < -0.3 is 16.2 Å². The Morgan fingerprint density at radius 1 is 1.39 bits per heavy atom. The molecule has 3 nitrogen and oxygen atoms in total. The Balaban J connectivity index is 2.22. The number of hydrogen-bond acceptors (Lipinski definition) is 3. The fraction of sp³-hybridized carbons (Fsp3) is 0.538. The van der Waals surface area contributed by atoms with Gasteiger partial charge in [-0.25, -0.2) is 8.78 Å². The SMILES string of the molecule is CC1(C)CC[C@H]([C@H](O)c2cc(F)c(N)c(F)c2)N1. The second-order valence-corrected chi connectivity index (χ2v) is 5.52. The van der Waals surface area contributed by atoms with Gasteiger partial charge in [0.25, 0.3) is 0 Å². The maximum Gasteiger partial charge on any atom is 0.149 e. The van der Waals surface area contributed by atoms with Crippen LogP contribution in [0.2, 0.25) is 0 Å². The predicted molar refractivity (Wildman–Crippen MR) is 66.0 cm³/mol. The van der Waals surface area contributed by atoms with Gasteiger partial charge in [-0.1, -0.05) is 0 Å². The number of nitrogens with one attached hydrogen (secondary N) is 1. The van der Waals surface area contributed by atoms with Crippen LogP contribution in [0.5, 0.6) is 0 Å². The molecule has 4 N–H and O–H groups in total. The van der Waals surface area contributed by atoms with E-state index in [2.05, 4.69) is 5.32 Å². The van der Waals surface area contributed by atoms with Gasteiger partial charge in [0.1, 0.15) is 17.3 Å². The van der Waals surface area contributed by atoms with Crippen LogP contribution < -0.4 is 11.1 Å². The highest BCUT2D eigenvalue weighted by molar-refractivity contribution is 5.44. The van der Waals surface area contributed by atoms with Crippen molar-refractivity contribution >= 4 is 5.69 Å². The van der Waals surface area contributed by atoms with Crippen molar-refractivity contribution in [3.8, 4) is 0 Å². The van der Waals surface area contributed by atoms with Crippen LogP contribution in [0.25, 0.3) is 0 Å². The molecule has 1 aromatic carbocycles. The second kappa shape index (κ2) is 4.48. The van der Waals surface area contributed by atoms with Gasteiger partial charge in [0.05, 0.1) is 6.10 Å². The van der Waals surface area contributed by atoms with Gasteiger partial charge in [0.2, 0.25) is 0 Å². The van der Waals surface area contributed by atoms with Crippen LogP contribution in [0, 0.1) is 11.6 Å². The Kier molecular flexibility index (Phi) is 3.29. The molecule has 100 valence electrons. The zero-order valence-electron chi connectivity index (χ0n) is 10.5. The zero-order chi connectivity index (χ0) is 13.5. The van der Waals surface area contributed by atoms with Gasteiger partial charge in [-0.3, -0.25) is 0 Å². The quantitative estimate of drug-likeness (QED) is 0.710. The van der Waals surface area contributed by atoms with E-state index in [0.717, 1.165) is 25.0 Å². The summed E-state index contributed by atoms with van der Waals surface area (Å²) in [5.41, 5.74) is 4.85. The molecule has 1 aliphatic heterocycles. The first-order valence-electron chi connectivity index (χ1n) is 6.00. The number of aliphatic hydroxyl groups excluding tert-OH is 1. The van der Waals surface area contributed by atoms with E-state index in [-0.39, 0.29) is 17.1 Å². The van der Waals surface area contributed by atoms with Crippen LogP contribution in [-0.2, 0) is 0 Å². The number of anilines is 1. The highest BCUT2D eigenvalue weighted by Crippen LogP contribution is 2.31. The van der Waals surface area contributed by atoms with Crippen molar-refractivity contribution in [3.05, 3.63) is 29.3 Å². The largest absolute Gasteiger partial charge is 0.394 e. The summed E-state index contributed by atoms with van der Waals surface area (Å²) in [5, 5.41) is 13.4. The lowest BCUT2D eigenvalue weighted by Gasteiger charge is -2.24. The maximum atomic E-state index is 13.3. The molecule has 1 aromatic rings. The molecule has 5 heteroatoms. The molecule has 0 saturated carbocycles. The Hall–Kier alpha value is -1.20. The number of halogens is 2. The zero-order valence-corrected chi connectivity index (χ0v) is 10.5. The third kappa shape index (κ3) is 2.47. The Morgan fingerprint density at radius 3 is 2.39 bits per heavy atom. The maximum absolute atomic E-state index is 13.3. The van der Waals surface area contributed by atoms with E-state index < -0.39 is 23.4 Å². The van der Waals surface area contributed by atoms with E-state index in [1.165, 1.54) is 0 Å². The van der Waals surface area contributed by atoms with E-state index in [1.54, 1.807) is 0 Å². The van der Waals surface area contributed by atoms with Gasteiger partial charge in [0, 0.05) is 11.6 Å². The molecule has 18 heavy (non-hydrogen) atoms. The van der Waals surface area contributed by atoms with Gasteiger partial charge in [0.15, 0.2) is 0 Å². The first-order valence-corrected chi connectivity index (χ1v) is 6.00. The van der Waals surface area contributed by atoms with Gasteiger partial charge in [-0.15, -0.1) is 0 Å². The molecule has 2 atom stereocenters. The summed E-state index contributed by atoms with van der Waals surface area (Å²) in [4.78, 5) is 0. The van der Waals surface area contributed by atoms with Crippen LogP contribution in [0.3, 0.4) is 0 Å². The van der Waals surface area contributed by atoms with E-state index in [4.69, 9.17) is 5.73 Å². The third-order valence-corrected chi connectivity index (χ3v) is 3.48. The molecule has 0 aliphatic carbocycles. The smallest absolute Gasteiger partial charge is 0.149 e. The summed E-state index contributed by atoms with van der Waals surface area (Å²) in [5.74, 6) is -1.66. The number of aliphatic hydroxyl groups is 1. The van der Waals surface area contributed by atoms with E-state index >= 15 is 0 Å². The monoisotopic (exact) mass is 256 g/mol. The summed E-state index contributed by atoms with van der Waals surface area (Å²) in [6, 6.07) is 1.99. The molecule has 0 unspecified atom stereocenters. The molecule has 0 aromatic heterocycles. The molecule has 0 spiro atoms. The van der Waals surface area contributed by atoms with Crippen molar-refractivity contribution in [3.63, 3.8) is 0 Å². The number of hydrogen-bond donors (Lipinski definition) is 3. The van der Waals surface area contributed by atoms with Crippen molar-refractivity contribution in [2.45, 2.75) is 44.4 Å². The molecular weight excluding hydrogens is 238 g/mol. The first-order chi connectivity index (χ1) is 8.30. The van der Waals surface area contributed by atoms with Crippen LogP contribution in [0.15, 0.2) is 12.1 Å². The molecule has 1 saturated heterocycles. The molecule has 1 aliphatic rings. The Morgan fingerprint density at radius 2 is 1.94 bits per heavy atom. The molecule has 1 heterocycles. The second-order valence-electron chi connectivity index (χ2n) is 5.52. The summed E-state index contributed by atoms with van der Waals surface area (Å²) in [7, 11) is 0. The normalized spacial score (nSPS) is 24.2. The number of nitrogens with two attached hydrogens (primary N) is 1. The standard InChI is InChI=1S/C13H18F2N2O/c1-13(2)4-3-10(17-13)12(18)7-5-8(14)11(16)9(15)6-7/h5-6,10,12,17-18H,3-4,16H2,1-2H3/t10-,12-/m1/s1. The van der Waals surface area contributed by atoms with Crippen LogP contribution in [0.4, 0.5) is 14.5 Å². The van der Waals surface area contributed by atoms with Crippen molar-refractivity contribution in [1.29, 1.82) is 0 Å². The minimum Gasteiger partial charge on any atom is -0.394 e. The van der Waals surface area contributed by atoms with E-state index in [0.29, 0.717) is 0 Å². The fourth-order valence-electron chi connectivity index (χ4n) is 2.41. The molecule has 0 amide bonds. The third-order valence-electron chi connectivity index (χ3n) is 3.48. The summed E-state index contributed by atoms with van der Waals surface area (Å²) in [6.45, 7) is 4.06. The topological polar surface area (TPSA) is 58.3 Å². The first kappa shape index (κ1) is 13.2. The lowest BCUT2D eigenvalue weighted by atomic mass is 9.99. The molecular formula is C13H18F2N2O. The lowest BCUT2D eigenvalue weighted by molar-refractivity contribution is 0.131. The number of rotatable bonds is 2. The summed E-state index contributed by atoms with van der Waals surface area (Å²) in [6.07, 6.45) is 0.743. The molecule has 2 rings (SSSR count). The van der Waals surface area contributed by atoms with Crippen LogP contribution in [-0.4, -0.2) is 16.7 Å². The van der Waals surface area contributed by atoms with Gasteiger partial charge in [-0.2, -0.15) is 0 Å². The number of nitrogen functional groups attached to an aromatic ring is 1. The summed E-state index contributed by atoms with van der Waals surface area (Å²) < 4.78 is 26.7. The van der Waals surface area contributed by atoms with Gasteiger partial charge >= 0.3 is 0 Å². The predicted octanol–water partition coefficient (Wildman–Crippen LogP) is 2.11. The van der Waals surface area contributed by atoms with E-state index in [1.807, 2.05) is 13.8 Å². The average Bonchev–Trinajstić information content (AvgIpc) is 2.65. The lowest BCUT2D eigenvalue weighted by Crippen LogP contribution is -2.40. The van der Waals surface area contributed by atoms with Crippen molar-refractivity contribution < 1.29 is 13.9 Å². The highest BCUT2D eigenvalue weighted by atomic mass is 19.1. The Bertz CT molecular complexity index is 439. The minimum absolute atomic E-state index is 0.0590. The van der Waals surface area contributed by atoms with Crippen molar-refractivity contribution in [2.24, 2.45) is 0 Å². The fourth-order valence-corrected chi connectivity index (χ4v) is 2.41. The minimum atomic E-state index is -0.934. The summed E-state index contributed by atoms with van der Waals surface area (Å²) >= 11 is 0.